The average Bonchev–Trinajstić information content (AvgIpc) is 3.94. The van der Waals surface area contributed by atoms with Crippen LogP contribution in [0.1, 0.15) is 73.6 Å². The van der Waals surface area contributed by atoms with Crippen LogP contribution >= 0.6 is 11.3 Å². The van der Waals surface area contributed by atoms with Gasteiger partial charge in [0.1, 0.15) is 5.82 Å². The van der Waals surface area contributed by atoms with Crippen LogP contribution in [0.3, 0.4) is 0 Å². The minimum atomic E-state index is 0.104. The van der Waals surface area contributed by atoms with E-state index in [0.717, 1.165) is 38.5 Å². The van der Waals surface area contributed by atoms with E-state index in [2.05, 4.69) is 173 Å². The number of benzene rings is 3. The van der Waals surface area contributed by atoms with Gasteiger partial charge in [-0.25, -0.2) is 0 Å². The van der Waals surface area contributed by atoms with Crippen LogP contribution in [0, 0.1) is 5.92 Å². The van der Waals surface area contributed by atoms with Crippen LogP contribution < -0.4 is 20.0 Å². The van der Waals surface area contributed by atoms with Gasteiger partial charge in [-0.1, -0.05) is 128 Å². The summed E-state index contributed by atoms with van der Waals surface area (Å²) in [5.41, 5.74) is 12.6. The smallest absolute Gasteiger partial charge is 0.108 e. The summed E-state index contributed by atoms with van der Waals surface area (Å²) >= 11 is 1.94. The lowest BCUT2D eigenvalue weighted by Crippen LogP contribution is -2.43. The molecule has 1 aromatic heterocycles. The Morgan fingerprint density at radius 1 is 0.719 bits per heavy atom. The quantitative estimate of drug-likeness (QED) is 0.205. The zero-order chi connectivity index (χ0) is 37.5. The van der Waals surface area contributed by atoms with Gasteiger partial charge in [0.25, 0.3) is 0 Å². The Morgan fingerprint density at radius 2 is 1.63 bits per heavy atom. The molecule has 3 aromatic carbocycles. The number of dihydropyridines is 1. The first-order valence-electron chi connectivity index (χ1n) is 21.2. The molecule has 4 heterocycles. The fourth-order valence-electron chi connectivity index (χ4n) is 11.1. The minimum Gasteiger partial charge on any atom is -0.361 e. The molecule has 1 N–H and O–H groups in total. The predicted molar refractivity (Wildman–Crippen MR) is 239 cm³/mol. The Balaban J connectivity index is 0.894. The van der Waals surface area contributed by atoms with Crippen molar-refractivity contribution in [2.45, 2.75) is 75.0 Å². The number of fused-ring (bicyclic) bond motifs is 8. The largest absolute Gasteiger partial charge is 0.361 e. The molecule has 57 heavy (non-hydrogen) atoms. The summed E-state index contributed by atoms with van der Waals surface area (Å²) in [5, 5.41) is 6.85. The van der Waals surface area contributed by atoms with Crippen molar-refractivity contribution in [1.82, 2.24) is 10.2 Å². The van der Waals surface area contributed by atoms with Gasteiger partial charge in [-0.2, -0.15) is 0 Å². The van der Waals surface area contributed by atoms with Crippen LogP contribution in [0.5, 0.6) is 0 Å². The van der Waals surface area contributed by atoms with Crippen molar-refractivity contribution in [3.63, 3.8) is 0 Å². The fourth-order valence-corrected chi connectivity index (χ4v) is 12.2. The first-order valence-corrected chi connectivity index (χ1v) is 22.1. The van der Waals surface area contributed by atoms with Crippen molar-refractivity contribution in [2.24, 2.45) is 5.92 Å². The molecule has 0 saturated heterocycles. The van der Waals surface area contributed by atoms with Crippen LogP contribution in [0.4, 0.5) is 5.69 Å². The number of hydrogen-bond donors (Lipinski definition) is 1. The second kappa shape index (κ2) is 13.5. The highest BCUT2D eigenvalue weighted by Crippen LogP contribution is 2.51. The van der Waals surface area contributed by atoms with Crippen molar-refractivity contribution in [3.05, 3.63) is 200 Å². The van der Waals surface area contributed by atoms with E-state index in [-0.39, 0.29) is 6.04 Å². The van der Waals surface area contributed by atoms with Crippen LogP contribution in [-0.2, 0) is 0 Å². The monoisotopic (exact) mass is 757 g/mol. The molecule has 0 amide bonds. The maximum Gasteiger partial charge on any atom is 0.108 e. The van der Waals surface area contributed by atoms with Crippen LogP contribution in [-0.4, -0.2) is 23.0 Å². The summed E-state index contributed by atoms with van der Waals surface area (Å²) in [6.45, 7) is 0. The summed E-state index contributed by atoms with van der Waals surface area (Å²) in [6, 6.07) is 28.4. The first-order chi connectivity index (χ1) is 28.2. The predicted octanol–water partition coefficient (Wildman–Crippen LogP) is 10.8. The van der Waals surface area contributed by atoms with Gasteiger partial charge in [-0.05, 0) is 119 Å². The summed E-state index contributed by atoms with van der Waals surface area (Å²) in [7, 11) is 0. The number of anilines is 1. The van der Waals surface area contributed by atoms with Gasteiger partial charge in [0.05, 0.1) is 24.2 Å². The molecule has 0 fully saturated rings. The van der Waals surface area contributed by atoms with E-state index in [1.54, 1.807) is 5.70 Å². The molecular weight excluding hydrogens is 711 g/mol. The highest BCUT2D eigenvalue weighted by atomic mass is 32.1. The van der Waals surface area contributed by atoms with E-state index in [1.807, 2.05) is 11.3 Å². The highest BCUT2D eigenvalue weighted by molar-refractivity contribution is 7.17. The Labute approximate surface area is 339 Å². The molecule has 280 valence electrons. The summed E-state index contributed by atoms with van der Waals surface area (Å²) in [6.07, 6.45) is 42.2. The van der Waals surface area contributed by atoms with Crippen molar-refractivity contribution in [3.8, 4) is 0 Å². The van der Waals surface area contributed by atoms with Crippen molar-refractivity contribution < 1.29 is 0 Å². The Hall–Kier alpha value is -5.58. The molecule has 6 unspecified atom stereocenters. The summed E-state index contributed by atoms with van der Waals surface area (Å²) in [5.74, 6) is 2.02. The van der Waals surface area contributed by atoms with Gasteiger partial charge in [0.2, 0.25) is 0 Å². The van der Waals surface area contributed by atoms with E-state index < -0.39 is 0 Å². The van der Waals surface area contributed by atoms with Crippen LogP contribution in [0.2, 0.25) is 0 Å². The first kappa shape index (κ1) is 33.5. The van der Waals surface area contributed by atoms with E-state index in [4.69, 9.17) is 0 Å². The maximum absolute atomic E-state index is 4.01. The van der Waals surface area contributed by atoms with Crippen LogP contribution in [0.25, 0.3) is 27.8 Å². The van der Waals surface area contributed by atoms with Crippen molar-refractivity contribution in [2.75, 3.05) is 4.90 Å². The lowest BCUT2D eigenvalue weighted by atomic mass is 9.82. The number of allylic oxidation sites excluding steroid dienone is 12. The zero-order valence-corrected chi connectivity index (χ0v) is 33.0. The number of thiophene rings is 1. The molecule has 0 bridgehead atoms. The van der Waals surface area contributed by atoms with E-state index in [0.29, 0.717) is 30.0 Å². The van der Waals surface area contributed by atoms with Gasteiger partial charge >= 0.3 is 0 Å². The standard InChI is InChI=1S/C53H47N3S/c1-3-13-34(14-4-1)38-31-46(35-15-5-2-6-16-35)54-53(32-38)56-48-21-11-8-18-41(48)44-30-37(24-27-50(44)56)36-23-26-49-43(29-36)40-17-7-10-20-47(40)55(49)39-25-28-52-45(33-39)42-19-9-12-22-51(42)57-52/h2-3,5-7,9,11-17,19,21-24,26-33,39,41,43,46,48-49,54H,1,4,8,10,18,20,25H2. The third-order valence-corrected chi connectivity index (χ3v) is 14.9. The average molecular weight is 758 g/mol. The molecule has 8 aliphatic rings. The summed E-state index contributed by atoms with van der Waals surface area (Å²) in [4.78, 5) is 5.42. The number of hydrogen-bond acceptors (Lipinski definition) is 4. The van der Waals surface area contributed by atoms with E-state index >= 15 is 0 Å². The second-order valence-electron chi connectivity index (χ2n) is 16.9. The SMILES string of the molecule is C1=CC(C2=CC(c3ccccc3)NC(N3c4ccc(C5=CC6C7=C(CCC=C7)N(C7C=c8c(sc9ccccc89)=CC7)C6C=C5)cc4C4CCC=CC43)=C2)=CCC1. The molecule has 0 spiro atoms. The fraction of sp³-hybridized carbons (Fsp3) is 0.245. The third kappa shape index (κ3) is 5.51. The lowest BCUT2D eigenvalue weighted by Gasteiger charge is -2.37. The second-order valence-corrected chi connectivity index (χ2v) is 18.0. The molecule has 4 aromatic rings. The summed E-state index contributed by atoms with van der Waals surface area (Å²) < 4.78 is 2.84. The molecule has 0 radical (unpaired) electrons. The maximum atomic E-state index is 4.01. The van der Waals surface area contributed by atoms with E-state index in [1.165, 1.54) is 76.7 Å². The molecule has 12 rings (SSSR count). The number of nitrogens with one attached hydrogen (secondary N) is 1. The normalized spacial score (nSPS) is 27.9. The molecular formula is C53H47N3S. The minimum absolute atomic E-state index is 0.104. The van der Waals surface area contributed by atoms with Gasteiger partial charge in [0, 0.05) is 37.8 Å². The van der Waals surface area contributed by atoms with Crippen molar-refractivity contribution >= 4 is 44.8 Å². The lowest BCUT2D eigenvalue weighted by molar-refractivity contribution is 0.257. The van der Waals surface area contributed by atoms with E-state index in [9.17, 15) is 0 Å². The highest BCUT2D eigenvalue weighted by Gasteiger charge is 2.43. The van der Waals surface area contributed by atoms with Gasteiger partial charge < -0.3 is 15.1 Å². The molecule has 3 aliphatic heterocycles. The Bertz CT molecular complexity index is 2750. The number of rotatable bonds is 5. The third-order valence-electron chi connectivity index (χ3n) is 13.7. The molecule has 0 saturated carbocycles. The molecule has 5 aliphatic carbocycles. The van der Waals surface area contributed by atoms with Gasteiger partial charge in [-0.15, -0.1) is 11.3 Å². The Kier molecular flexibility index (Phi) is 7.96. The topological polar surface area (TPSA) is 18.5 Å². The van der Waals surface area contributed by atoms with Gasteiger partial charge in [-0.3, -0.25) is 0 Å². The van der Waals surface area contributed by atoms with Gasteiger partial charge in [0.15, 0.2) is 0 Å². The molecule has 6 atom stereocenters. The Morgan fingerprint density at radius 3 is 2.56 bits per heavy atom. The van der Waals surface area contributed by atoms with Crippen LogP contribution in [0.15, 0.2) is 174 Å². The zero-order valence-electron chi connectivity index (χ0n) is 32.2. The molecule has 3 nitrogen and oxygen atoms in total. The number of nitrogens with zero attached hydrogens (tertiary/aromatic N) is 2. The van der Waals surface area contributed by atoms with Crippen molar-refractivity contribution in [1.29, 1.82) is 0 Å². The molecule has 4 heteroatoms.